The van der Waals surface area contributed by atoms with E-state index in [1.807, 2.05) is 29.2 Å². The third-order valence-electron chi connectivity index (χ3n) is 7.22. The van der Waals surface area contributed by atoms with Crippen molar-refractivity contribution < 1.29 is 4.79 Å². The van der Waals surface area contributed by atoms with Crippen molar-refractivity contribution in [2.24, 2.45) is 0 Å². The van der Waals surface area contributed by atoms with Gasteiger partial charge in [-0.05, 0) is 40.6 Å². The van der Waals surface area contributed by atoms with Crippen LogP contribution in [0.2, 0.25) is 0 Å². The molecule has 0 N–H and O–H groups in total. The first-order chi connectivity index (χ1) is 17.1. The molecule has 4 aromatic carbocycles. The summed E-state index contributed by atoms with van der Waals surface area (Å²) in [6.45, 7) is 5.82. The lowest BCUT2D eigenvalue weighted by atomic mass is 10.0. The Hall–Kier alpha value is -3.92. The third kappa shape index (κ3) is 3.89. The predicted molar refractivity (Wildman–Crippen MR) is 143 cm³/mol. The van der Waals surface area contributed by atoms with Crippen LogP contribution in [0.3, 0.4) is 0 Å². The SMILES string of the molecule is CC(C)c1ccc(Cn2c(C3CC(=O)N(c4cccc5ccccc45)C3)nc3ccccc32)cc1. The zero-order chi connectivity index (χ0) is 23.9. The quantitative estimate of drug-likeness (QED) is 0.287. The summed E-state index contributed by atoms with van der Waals surface area (Å²) in [4.78, 5) is 20.3. The van der Waals surface area contributed by atoms with Crippen LogP contribution in [0.25, 0.3) is 21.8 Å². The van der Waals surface area contributed by atoms with Crippen LogP contribution in [0.15, 0.2) is 91.0 Å². The van der Waals surface area contributed by atoms with E-state index in [2.05, 4.69) is 85.1 Å². The smallest absolute Gasteiger partial charge is 0.227 e. The normalized spacial score (nSPS) is 16.1. The number of rotatable bonds is 5. The van der Waals surface area contributed by atoms with Crippen molar-refractivity contribution in [1.82, 2.24) is 9.55 Å². The van der Waals surface area contributed by atoms with E-state index >= 15 is 0 Å². The molecule has 1 aliphatic heterocycles. The highest BCUT2D eigenvalue weighted by atomic mass is 16.2. The molecule has 0 aliphatic carbocycles. The lowest BCUT2D eigenvalue weighted by molar-refractivity contribution is -0.117. The van der Waals surface area contributed by atoms with Crippen LogP contribution in [-0.4, -0.2) is 22.0 Å². The number of nitrogens with zero attached hydrogens (tertiary/aromatic N) is 3. The Bertz CT molecular complexity index is 1530. The molecule has 1 atom stereocenters. The number of para-hydroxylation sites is 2. The number of benzene rings is 4. The van der Waals surface area contributed by atoms with Crippen LogP contribution in [0.1, 0.15) is 49.1 Å². The average molecular weight is 460 g/mol. The van der Waals surface area contributed by atoms with Gasteiger partial charge in [-0.3, -0.25) is 4.79 Å². The predicted octanol–water partition coefficient (Wildman–Crippen LogP) is 6.88. The first kappa shape index (κ1) is 21.6. The number of hydrogen-bond donors (Lipinski definition) is 0. The molecule has 0 spiro atoms. The van der Waals surface area contributed by atoms with E-state index in [0.29, 0.717) is 18.9 Å². The van der Waals surface area contributed by atoms with E-state index in [1.165, 1.54) is 11.1 Å². The first-order valence-corrected chi connectivity index (χ1v) is 12.4. The van der Waals surface area contributed by atoms with Gasteiger partial charge in [0.1, 0.15) is 5.82 Å². The summed E-state index contributed by atoms with van der Waals surface area (Å²) >= 11 is 0. The van der Waals surface area contributed by atoms with E-state index in [4.69, 9.17) is 4.98 Å². The van der Waals surface area contributed by atoms with E-state index < -0.39 is 0 Å². The Labute approximate surface area is 205 Å². The summed E-state index contributed by atoms with van der Waals surface area (Å²) in [5.41, 5.74) is 5.68. The van der Waals surface area contributed by atoms with Gasteiger partial charge in [-0.15, -0.1) is 0 Å². The number of carbonyl (C=O) groups is 1. The highest BCUT2D eigenvalue weighted by Gasteiger charge is 2.35. The molecule has 174 valence electrons. The molecule has 6 rings (SSSR count). The molecule has 35 heavy (non-hydrogen) atoms. The number of amides is 1. The van der Waals surface area contributed by atoms with Crippen LogP contribution >= 0.6 is 0 Å². The summed E-state index contributed by atoms with van der Waals surface area (Å²) in [5, 5.41) is 2.26. The number of aromatic nitrogens is 2. The largest absolute Gasteiger partial charge is 0.323 e. The van der Waals surface area contributed by atoms with Crippen molar-refractivity contribution in [2.45, 2.75) is 38.6 Å². The number of imidazole rings is 1. The first-order valence-electron chi connectivity index (χ1n) is 12.4. The van der Waals surface area contributed by atoms with Crippen molar-refractivity contribution >= 4 is 33.4 Å². The van der Waals surface area contributed by atoms with Crippen LogP contribution in [0.4, 0.5) is 5.69 Å². The van der Waals surface area contributed by atoms with Crippen LogP contribution in [0, 0.1) is 0 Å². The summed E-state index contributed by atoms with van der Waals surface area (Å²) in [7, 11) is 0. The topological polar surface area (TPSA) is 38.1 Å². The minimum absolute atomic E-state index is 0.0452. The summed E-state index contributed by atoms with van der Waals surface area (Å²) in [6.07, 6.45) is 0.471. The fraction of sp³-hybridized carbons (Fsp3) is 0.226. The van der Waals surface area contributed by atoms with Gasteiger partial charge in [0.25, 0.3) is 0 Å². The number of hydrogen-bond acceptors (Lipinski definition) is 2. The van der Waals surface area contributed by atoms with Crippen LogP contribution in [0.5, 0.6) is 0 Å². The molecular formula is C31H29N3O. The molecule has 2 heterocycles. The zero-order valence-electron chi connectivity index (χ0n) is 20.2. The highest BCUT2D eigenvalue weighted by Crippen LogP contribution is 2.36. The minimum Gasteiger partial charge on any atom is -0.323 e. The zero-order valence-corrected chi connectivity index (χ0v) is 20.2. The molecule has 0 radical (unpaired) electrons. The van der Waals surface area contributed by atoms with Crippen LogP contribution in [-0.2, 0) is 11.3 Å². The fourth-order valence-corrected chi connectivity index (χ4v) is 5.32. The van der Waals surface area contributed by atoms with Gasteiger partial charge in [0.05, 0.1) is 16.7 Å². The minimum atomic E-state index is 0.0452. The maximum Gasteiger partial charge on any atom is 0.227 e. The Morgan fingerprint density at radius 1 is 0.886 bits per heavy atom. The van der Waals surface area contributed by atoms with Gasteiger partial charge in [-0.25, -0.2) is 4.98 Å². The standard InChI is InChI=1S/C31H29N3O/c1-21(2)23-16-14-22(15-17-23)19-34-29-12-6-5-11-27(29)32-31(34)25-18-30(35)33(20-25)28-13-7-9-24-8-3-4-10-26(24)28/h3-17,21,25H,18-20H2,1-2H3. The highest BCUT2D eigenvalue weighted by molar-refractivity contribution is 6.05. The van der Waals surface area contributed by atoms with Crippen molar-refractivity contribution in [3.05, 3.63) is 108 Å². The molecule has 4 heteroatoms. The molecule has 4 nitrogen and oxygen atoms in total. The number of fused-ring (bicyclic) bond motifs is 2. The average Bonchev–Trinajstić information content (AvgIpc) is 3.44. The second kappa shape index (κ2) is 8.70. The van der Waals surface area contributed by atoms with E-state index in [0.717, 1.165) is 39.9 Å². The second-order valence-electron chi connectivity index (χ2n) is 9.84. The molecule has 0 saturated carbocycles. The molecule has 1 aromatic heterocycles. The monoisotopic (exact) mass is 459 g/mol. The van der Waals surface area contributed by atoms with E-state index in [9.17, 15) is 4.79 Å². The second-order valence-corrected chi connectivity index (χ2v) is 9.84. The number of anilines is 1. The Balaban J connectivity index is 1.37. The van der Waals surface area contributed by atoms with E-state index in [1.54, 1.807) is 0 Å². The van der Waals surface area contributed by atoms with E-state index in [-0.39, 0.29) is 11.8 Å². The number of carbonyl (C=O) groups excluding carboxylic acids is 1. The lowest BCUT2D eigenvalue weighted by Crippen LogP contribution is -2.24. The van der Waals surface area contributed by atoms with Crippen molar-refractivity contribution in [2.75, 3.05) is 11.4 Å². The van der Waals surface area contributed by atoms with Gasteiger partial charge in [0.15, 0.2) is 0 Å². The molecular weight excluding hydrogens is 430 g/mol. The van der Waals surface area contributed by atoms with Gasteiger partial charge >= 0.3 is 0 Å². The molecule has 0 bridgehead atoms. The van der Waals surface area contributed by atoms with Gasteiger partial charge in [-0.1, -0.05) is 86.6 Å². The van der Waals surface area contributed by atoms with Gasteiger partial charge < -0.3 is 9.47 Å². The Morgan fingerprint density at radius 3 is 2.46 bits per heavy atom. The molecule has 1 saturated heterocycles. The molecule has 1 amide bonds. The Morgan fingerprint density at radius 2 is 1.63 bits per heavy atom. The summed E-state index contributed by atoms with van der Waals surface area (Å²) < 4.78 is 2.31. The Kier molecular flexibility index (Phi) is 5.37. The van der Waals surface area contributed by atoms with Crippen molar-refractivity contribution in [3.8, 4) is 0 Å². The molecule has 5 aromatic rings. The van der Waals surface area contributed by atoms with Crippen LogP contribution < -0.4 is 4.90 Å². The molecule has 1 fully saturated rings. The van der Waals surface area contributed by atoms with Crippen molar-refractivity contribution in [1.29, 1.82) is 0 Å². The fourth-order valence-electron chi connectivity index (χ4n) is 5.32. The van der Waals surface area contributed by atoms with Gasteiger partial charge in [-0.2, -0.15) is 0 Å². The van der Waals surface area contributed by atoms with Gasteiger partial charge in [0, 0.05) is 30.8 Å². The lowest BCUT2D eigenvalue weighted by Gasteiger charge is -2.19. The third-order valence-corrected chi connectivity index (χ3v) is 7.22. The molecule has 1 aliphatic rings. The maximum atomic E-state index is 13.3. The summed E-state index contributed by atoms with van der Waals surface area (Å²) in [6, 6.07) is 31.6. The van der Waals surface area contributed by atoms with Crippen molar-refractivity contribution in [3.63, 3.8) is 0 Å². The molecule has 1 unspecified atom stereocenters. The summed E-state index contributed by atoms with van der Waals surface area (Å²) in [5.74, 6) is 1.71. The maximum absolute atomic E-state index is 13.3. The van der Waals surface area contributed by atoms with Gasteiger partial charge in [0.2, 0.25) is 5.91 Å².